The molecule has 6 heteroatoms. The first-order valence-electron chi connectivity index (χ1n) is 5.52. The quantitative estimate of drug-likeness (QED) is 0.776. The fourth-order valence-corrected chi connectivity index (χ4v) is 2.36. The lowest BCUT2D eigenvalue weighted by Gasteiger charge is -2.28. The third kappa shape index (κ3) is 2.41. The van der Waals surface area contributed by atoms with Gasteiger partial charge in [-0.15, -0.1) is 0 Å². The van der Waals surface area contributed by atoms with Crippen molar-refractivity contribution in [2.24, 2.45) is 5.73 Å². The monoisotopic (exact) mass is 250 g/mol. The predicted molar refractivity (Wildman–Crippen MR) is 67.5 cm³/mol. The van der Waals surface area contributed by atoms with E-state index in [1.54, 1.807) is 0 Å². The van der Waals surface area contributed by atoms with Gasteiger partial charge in [0, 0.05) is 12.4 Å². The van der Waals surface area contributed by atoms with Gasteiger partial charge in [-0.2, -0.15) is 0 Å². The van der Waals surface area contributed by atoms with E-state index >= 15 is 0 Å². The Balaban J connectivity index is 2.15. The van der Waals surface area contributed by atoms with Crippen molar-refractivity contribution in [3.8, 4) is 0 Å². The van der Waals surface area contributed by atoms with Crippen molar-refractivity contribution in [2.45, 2.75) is 31.2 Å². The molecule has 1 aliphatic rings. The zero-order chi connectivity index (χ0) is 12.3. The first-order chi connectivity index (χ1) is 8.14. The molecule has 1 amide bonds. The molecule has 5 nitrogen and oxygen atoms in total. The Kier molecular flexibility index (Phi) is 3.33. The summed E-state index contributed by atoms with van der Waals surface area (Å²) in [5.41, 5.74) is 5.49. The van der Waals surface area contributed by atoms with Gasteiger partial charge >= 0.3 is 0 Å². The molecule has 0 aromatic carbocycles. The fourth-order valence-electron chi connectivity index (χ4n) is 2.11. The van der Waals surface area contributed by atoms with Crippen LogP contribution in [0.1, 0.15) is 36.2 Å². The highest BCUT2D eigenvalue weighted by Crippen LogP contribution is 2.30. The topological polar surface area (TPSA) is 80.9 Å². The van der Waals surface area contributed by atoms with Gasteiger partial charge in [-0.25, -0.2) is 4.98 Å². The van der Waals surface area contributed by atoms with E-state index in [1.165, 1.54) is 18.6 Å². The summed E-state index contributed by atoms with van der Waals surface area (Å²) in [6.45, 7) is 0. The molecule has 90 valence electrons. The van der Waals surface area contributed by atoms with E-state index in [0.717, 1.165) is 25.7 Å². The third-order valence-electron chi connectivity index (χ3n) is 3.08. The van der Waals surface area contributed by atoms with Gasteiger partial charge in [0.2, 0.25) is 0 Å². The number of carbonyl (C=O) groups excluding carboxylic acids is 1. The van der Waals surface area contributed by atoms with E-state index in [-0.39, 0.29) is 11.6 Å². The van der Waals surface area contributed by atoms with Crippen molar-refractivity contribution in [1.29, 1.82) is 0 Å². The normalized spacial score (nSPS) is 17.6. The lowest BCUT2D eigenvalue weighted by atomic mass is 9.97. The summed E-state index contributed by atoms with van der Waals surface area (Å²) in [6.07, 6.45) is 8.09. The Morgan fingerprint density at radius 3 is 2.65 bits per heavy atom. The molecule has 0 aliphatic heterocycles. The summed E-state index contributed by atoms with van der Waals surface area (Å²) in [7, 11) is 0. The molecule has 1 aliphatic carbocycles. The van der Waals surface area contributed by atoms with E-state index in [2.05, 4.69) is 15.3 Å². The Labute approximate surface area is 105 Å². The van der Waals surface area contributed by atoms with Gasteiger partial charge in [0.15, 0.2) is 0 Å². The molecule has 0 atom stereocenters. The molecule has 0 bridgehead atoms. The van der Waals surface area contributed by atoms with Gasteiger partial charge < -0.3 is 11.1 Å². The van der Waals surface area contributed by atoms with Crippen LogP contribution in [-0.4, -0.2) is 26.4 Å². The molecule has 1 fully saturated rings. The van der Waals surface area contributed by atoms with E-state index in [0.29, 0.717) is 4.99 Å². The van der Waals surface area contributed by atoms with E-state index in [9.17, 15) is 4.79 Å². The molecule has 2 rings (SSSR count). The molecular formula is C11H14N4OS. The Morgan fingerprint density at radius 1 is 1.41 bits per heavy atom. The largest absolute Gasteiger partial charge is 0.391 e. The lowest BCUT2D eigenvalue weighted by molar-refractivity contribution is 0.0919. The molecule has 0 spiro atoms. The molecule has 3 N–H and O–H groups in total. The number of nitrogens with one attached hydrogen (secondary N) is 1. The Hall–Kier alpha value is -1.56. The predicted octanol–water partition coefficient (Wildman–Crippen LogP) is 0.805. The van der Waals surface area contributed by atoms with Gasteiger partial charge in [-0.1, -0.05) is 25.1 Å². The minimum Gasteiger partial charge on any atom is -0.391 e. The first kappa shape index (κ1) is 11.9. The third-order valence-corrected chi connectivity index (χ3v) is 3.47. The summed E-state index contributed by atoms with van der Waals surface area (Å²) in [4.78, 5) is 20.1. The van der Waals surface area contributed by atoms with Crippen LogP contribution < -0.4 is 11.1 Å². The molecule has 1 aromatic rings. The average molecular weight is 250 g/mol. The summed E-state index contributed by atoms with van der Waals surface area (Å²) < 4.78 is 0. The number of hydrogen-bond donors (Lipinski definition) is 2. The molecule has 1 saturated carbocycles. The van der Waals surface area contributed by atoms with Crippen LogP contribution in [0.5, 0.6) is 0 Å². The first-order valence-corrected chi connectivity index (χ1v) is 5.93. The maximum Gasteiger partial charge on any atom is 0.272 e. The highest BCUT2D eigenvalue weighted by atomic mass is 32.1. The van der Waals surface area contributed by atoms with Crippen LogP contribution in [0.3, 0.4) is 0 Å². The molecule has 0 radical (unpaired) electrons. The maximum atomic E-state index is 12.0. The smallest absolute Gasteiger partial charge is 0.272 e. The van der Waals surface area contributed by atoms with Crippen LogP contribution in [-0.2, 0) is 0 Å². The van der Waals surface area contributed by atoms with Crippen molar-refractivity contribution in [1.82, 2.24) is 15.3 Å². The summed E-state index contributed by atoms with van der Waals surface area (Å²) in [5, 5.41) is 2.90. The molecule has 1 heterocycles. The number of nitrogens with two attached hydrogens (primary N) is 1. The Bertz CT molecular complexity index is 428. The highest BCUT2D eigenvalue weighted by Gasteiger charge is 2.38. The van der Waals surface area contributed by atoms with Crippen molar-refractivity contribution in [3.63, 3.8) is 0 Å². The zero-order valence-corrected chi connectivity index (χ0v) is 10.2. The lowest BCUT2D eigenvalue weighted by Crippen LogP contribution is -2.54. The minimum absolute atomic E-state index is 0.271. The van der Waals surface area contributed by atoms with E-state index in [1.807, 2.05) is 0 Å². The second kappa shape index (κ2) is 4.75. The van der Waals surface area contributed by atoms with Crippen molar-refractivity contribution >= 4 is 23.1 Å². The molecule has 0 unspecified atom stereocenters. The number of nitrogens with zero attached hydrogens (tertiary/aromatic N) is 2. The van der Waals surface area contributed by atoms with Crippen LogP contribution in [0.2, 0.25) is 0 Å². The summed E-state index contributed by atoms with van der Waals surface area (Å²) in [6, 6.07) is 0. The van der Waals surface area contributed by atoms with Gasteiger partial charge in [-0.05, 0) is 12.8 Å². The SMILES string of the molecule is NC(=S)C1(NC(=O)c2cnccn2)CCCC1. The minimum atomic E-state index is -0.538. The van der Waals surface area contributed by atoms with Crippen LogP contribution >= 0.6 is 12.2 Å². The number of amides is 1. The maximum absolute atomic E-state index is 12.0. The average Bonchev–Trinajstić information content (AvgIpc) is 2.80. The van der Waals surface area contributed by atoms with Gasteiger partial charge in [-0.3, -0.25) is 9.78 Å². The number of thiocarbonyl (C=S) groups is 1. The van der Waals surface area contributed by atoms with Crippen LogP contribution in [0.15, 0.2) is 18.6 Å². The molecule has 17 heavy (non-hydrogen) atoms. The van der Waals surface area contributed by atoms with Crippen LogP contribution in [0.25, 0.3) is 0 Å². The van der Waals surface area contributed by atoms with Crippen LogP contribution in [0.4, 0.5) is 0 Å². The number of hydrogen-bond acceptors (Lipinski definition) is 4. The number of rotatable bonds is 3. The van der Waals surface area contributed by atoms with Crippen molar-refractivity contribution in [3.05, 3.63) is 24.3 Å². The van der Waals surface area contributed by atoms with Crippen molar-refractivity contribution < 1.29 is 4.79 Å². The Morgan fingerprint density at radius 2 is 2.12 bits per heavy atom. The number of carbonyl (C=O) groups is 1. The van der Waals surface area contributed by atoms with Gasteiger partial charge in [0.25, 0.3) is 5.91 Å². The highest BCUT2D eigenvalue weighted by molar-refractivity contribution is 7.80. The second-order valence-electron chi connectivity index (χ2n) is 4.20. The van der Waals surface area contributed by atoms with Crippen LogP contribution in [0, 0.1) is 0 Å². The van der Waals surface area contributed by atoms with Gasteiger partial charge in [0.1, 0.15) is 5.69 Å². The molecule has 1 aromatic heterocycles. The second-order valence-corrected chi connectivity index (χ2v) is 4.64. The fraction of sp³-hybridized carbons (Fsp3) is 0.455. The standard InChI is InChI=1S/C11H14N4OS/c12-10(17)11(3-1-2-4-11)15-9(16)8-7-13-5-6-14-8/h5-7H,1-4H2,(H2,12,17)(H,15,16). The molecule has 0 saturated heterocycles. The zero-order valence-electron chi connectivity index (χ0n) is 9.35. The van der Waals surface area contributed by atoms with E-state index in [4.69, 9.17) is 18.0 Å². The summed E-state index contributed by atoms with van der Waals surface area (Å²) in [5.74, 6) is -0.271. The summed E-state index contributed by atoms with van der Waals surface area (Å²) >= 11 is 5.06. The van der Waals surface area contributed by atoms with Gasteiger partial charge in [0.05, 0.1) is 16.7 Å². The van der Waals surface area contributed by atoms with E-state index < -0.39 is 5.54 Å². The number of aromatic nitrogens is 2. The molecular weight excluding hydrogens is 236 g/mol. The van der Waals surface area contributed by atoms with Crippen molar-refractivity contribution in [2.75, 3.05) is 0 Å².